The number of carbonyl (C=O) groups excluding carboxylic acids is 2. The van der Waals surface area contributed by atoms with Crippen molar-refractivity contribution >= 4 is 12.3 Å². The van der Waals surface area contributed by atoms with Gasteiger partial charge in [0.25, 0.3) is 5.91 Å². The van der Waals surface area contributed by atoms with Crippen molar-refractivity contribution in [3.05, 3.63) is 35.5 Å². The maximum atomic E-state index is 12.2. The summed E-state index contributed by atoms with van der Waals surface area (Å²) in [5, 5.41) is 12.0. The van der Waals surface area contributed by atoms with Crippen molar-refractivity contribution in [2.24, 2.45) is 0 Å². The SMILES string of the molecule is N#C/C(=C/N1CCN(C=O)CC1)C(=O)NCc1ccc2c(c1)OCO2. The fourth-order valence-electron chi connectivity index (χ4n) is 2.62. The lowest BCUT2D eigenvalue weighted by Gasteiger charge is -2.31. The van der Waals surface area contributed by atoms with Crippen LogP contribution >= 0.6 is 0 Å². The van der Waals surface area contributed by atoms with Crippen molar-refractivity contribution in [3.63, 3.8) is 0 Å². The summed E-state index contributed by atoms with van der Waals surface area (Å²) in [5.74, 6) is 0.899. The summed E-state index contributed by atoms with van der Waals surface area (Å²) in [5.41, 5.74) is 0.898. The van der Waals surface area contributed by atoms with Crippen molar-refractivity contribution in [1.29, 1.82) is 5.26 Å². The lowest BCUT2D eigenvalue weighted by Crippen LogP contribution is -2.43. The summed E-state index contributed by atoms with van der Waals surface area (Å²) in [4.78, 5) is 26.5. The lowest BCUT2D eigenvalue weighted by atomic mass is 10.2. The van der Waals surface area contributed by atoms with Gasteiger partial charge in [-0.05, 0) is 17.7 Å². The predicted octanol–water partition coefficient (Wildman–Crippen LogP) is 0.213. The van der Waals surface area contributed by atoms with Crippen molar-refractivity contribution in [2.75, 3.05) is 33.0 Å². The van der Waals surface area contributed by atoms with Crippen LogP contribution in [0.5, 0.6) is 11.5 Å². The highest BCUT2D eigenvalue weighted by molar-refractivity contribution is 5.97. The van der Waals surface area contributed by atoms with Gasteiger partial charge in [0.2, 0.25) is 13.2 Å². The Morgan fingerprint density at radius 3 is 2.64 bits per heavy atom. The minimum absolute atomic E-state index is 0.0419. The Labute approximate surface area is 145 Å². The van der Waals surface area contributed by atoms with Crippen LogP contribution in [-0.4, -0.2) is 55.1 Å². The van der Waals surface area contributed by atoms with Crippen LogP contribution in [0, 0.1) is 11.3 Å². The molecule has 1 fully saturated rings. The van der Waals surface area contributed by atoms with E-state index in [1.54, 1.807) is 23.2 Å². The van der Waals surface area contributed by atoms with Gasteiger partial charge in [0.15, 0.2) is 11.5 Å². The Balaban J connectivity index is 1.56. The molecular weight excluding hydrogens is 324 g/mol. The number of hydrogen-bond donors (Lipinski definition) is 1. The number of carbonyl (C=O) groups is 2. The summed E-state index contributed by atoms with van der Waals surface area (Å²) in [6, 6.07) is 7.36. The number of benzene rings is 1. The number of ether oxygens (including phenoxy) is 2. The van der Waals surface area contributed by atoms with Crippen molar-refractivity contribution in [2.45, 2.75) is 6.54 Å². The Hall–Kier alpha value is -3.21. The average Bonchev–Trinajstić information content (AvgIpc) is 3.12. The van der Waals surface area contributed by atoms with E-state index in [0.29, 0.717) is 37.7 Å². The summed E-state index contributed by atoms with van der Waals surface area (Å²) in [6.45, 7) is 2.84. The van der Waals surface area contributed by atoms with E-state index in [1.165, 1.54) is 0 Å². The Kier molecular flexibility index (Phi) is 5.04. The molecule has 25 heavy (non-hydrogen) atoms. The minimum atomic E-state index is -0.432. The monoisotopic (exact) mass is 342 g/mol. The number of nitrogens with one attached hydrogen (secondary N) is 1. The molecule has 1 N–H and O–H groups in total. The normalized spacial score (nSPS) is 16.4. The largest absolute Gasteiger partial charge is 0.454 e. The average molecular weight is 342 g/mol. The van der Waals surface area contributed by atoms with Crippen LogP contribution in [0.4, 0.5) is 0 Å². The molecule has 0 atom stereocenters. The van der Waals surface area contributed by atoms with Gasteiger partial charge < -0.3 is 24.6 Å². The molecule has 2 amide bonds. The smallest absolute Gasteiger partial charge is 0.263 e. The van der Waals surface area contributed by atoms with Gasteiger partial charge in [0.05, 0.1) is 0 Å². The lowest BCUT2D eigenvalue weighted by molar-refractivity contribution is -0.119. The predicted molar refractivity (Wildman–Crippen MR) is 87.3 cm³/mol. The van der Waals surface area contributed by atoms with Gasteiger partial charge in [-0.2, -0.15) is 5.26 Å². The first-order chi connectivity index (χ1) is 12.2. The van der Waals surface area contributed by atoms with E-state index in [4.69, 9.17) is 9.47 Å². The van der Waals surface area contributed by atoms with E-state index in [2.05, 4.69) is 5.32 Å². The number of amides is 2. The molecule has 0 radical (unpaired) electrons. The quantitative estimate of drug-likeness (QED) is 0.467. The molecule has 0 bridgehead atoms. The number of fused-ring (bicyclic) bond motifs is 1. The van der Waals surface area contributed by atoms with E-state index in [-0.39, 0.29) is 18.9 Å². The molecule has 2 aliphatic rings. The molecule has 0 unspecified atom stereocenters. The van der Waals surface area contributed by atoms with E-state index < -0.39 is 5.91 Å². The molecule has 1 aromatic carbocycles. The van der Waals surface area contributed by atoms with E-state index in [1.807, 2.05) is 17.0 Å². The van der Waals surface area contributed by atoms with Crippen molar-refractivity contribution in [1.82, 2.24) is 15.1 Å². The van der Waals surface area contributed by atoms with Crippen LogP contribution in [0.2, 0.25) is 0 Å². The second-order valence-electron chi connectivity index (χ2n) is 5.70. The van der Waals surface area contributed by atoms with Crippen LogP contribution in [0.25, 0.3) is 0 Å². The summed E-state index contributed by atoms with van der Waals surface area (Å²) < 4.78 is 10.5. The van der Waals surface area contributed by atoms with Crippen molar-refractivity contribution < 1.29 is 19.1 Å². The molecule has 3 rings (SSSR count). The zero-order chi connectivity index (χ0) is 17.6. The summed E-state index contributed by atoms with van der Waals surface area (Å²) in [7, 11) is 0. The Morgan fingerprint density at radius 2 is 1.92 bits per heavy atom. The third-order valence-corrected chi connectivity index (χ3v) is 4.06. The van der Waals surface area contributed by atoms with Gasteiger partial charge >= 0.3 is 0 Å². The molecular formula is C17H18N4O4. The highest BCUT2D eigenvalue weighted by Crippen LogP contribution is 2.32. The fraction of sp³-hybridized carbons (Fsp3) is 0.353. The molecule has 0 spiro atoms. The number of rotatable bonds is 5. The van der Waals surface area contributed by atoms with Crippen molar-refractivity contribution in [3.8, 4) is 17.6 Å². The van der Waals surface area contributed by atoms with Gasteiger partial charge in [-0.3, -0.25) is 9.59 Å². The summed E-state index contributed by atoms with van der Waals surface area (Å²) in [6.07, 6.45) is 2.36. The fourth-order valence-corrected chi connectivity index (χ4v) is 2.62. The number of nitrogens with zero attached hydrogens (tertiary/aromatic N) is 3. The molecule has 8 heteroatoms. The standard InChI is InChI=1S/C17H18N4O4/c18-8-14(10-20-3-5-21(11-22)6-4-20)17(23)19-9-13-1-2-15-16(7-13)25-12-24-15/h1-2,7,10-11H,3-6,9,12H2,(H,19,23)/b14-10-. The van der Waals surface area contributed by atoms with Gasteiger partial charge in [-0.1, -0.05) is 6.07 Å². The second kappa shape index (κ2) is 7.57. The van der Waals surface area contributed by atoms with E-state index >= 15 is 0 Å². The maximum Gasteiger partial charge on any atom is 0.263 e. The molecule has 0 aromatic heterocycles. The zero-order valence-corrected chi connectivity index (χ0v) is 13.6. The first-order valence-corrected chi connectivity index (χ1v) is 7.91. The van der Waals surface area contributed by atoms with Crippen LogP contribution in [0.3, 0.4) is 0 Å². The van der Waals surface area contributed by atoms with Gasteiger partial charge in [0.1, 0.15) is 11.6 Å². The number of nitriles is 1. The Morgan fingerprint density at radius 1 is 1.20 bits per heavy atom. The number of hydrogen-bond acceptors (Lipinski definition) is 6. The van der Waals surface area contributed by atoms with Gasteiger partial charge in [0, 0.05) is 38.9 Å². The molecule has 2 aliphatic heterocycles. The zero-order valence-electron chi connectivity index (χ0n) is 13.6. The summed E-state index contributed by atoms with van der Waals surface area (Å²) >= 11 is 0. The molecule has 1 aromatic rings. The molecule has 130 valence electrons. The second-order valence-corrected chi connectivity index (χ2v) is 5.70. The Bertz CT molecular complexity index is 733. The van der Waals surface area contributed by atoms with Crippen LogP contribution in [0.1, 0.15) is 5.56 Å². The first-order valence-electron chi connectivity index (χ1n) is 7.91. The van der Waals surface area contributed by atoms with Gasteiger partial charge in [-0.25, -0.2) is 0 Å². The van der Waals surface area contributed by atoms with Crippen LogP contribution < -0.4 is 14.8 Å². The highest BCUT2D eigenvalue weighted by Gasteiger charge is 2.17. The van der Waals surface area contributed by atoms with Gasteiger partial charge in [-0.15, -0.1) is 0 Å². The van der Waals surface area contributed by atoms with Crippen LogP contribution in [0.15, 0.2) is 30.0 Å². The molecule has 0 aliphatic carbocycles. The molecule has 8 nitrogen and oxygen atoms in total. The third-order valence-electron chi connectivity index (χ3n) is 4.06. The molecule has 1 saturated heterocycles. The maximum absolute atomic E-state index is 12.2. The molecule has 0 saturated carbocycles. The highest BCUT2D eigenvalue weighted by atomic mass is 16.7. The molecule has 2 heterocycles. The third kappa shape index (κ3) is 4.01. The van der Waals surface area contributed by atoms with E-state index in [9.17, 15) is 14.9 Å². The minimum Gasteiger partial charge on any atom is -0.454 e. The number of piperazine rings is 1. The van der Waals surface area contributed by atoms with E-state index in [0.717, 1.165) is 12.0 Å². The van der Waals surface area contributed by atoms with Crippen LogP contribution in [-0.2, 0) is 16.1 Å². The first kappa shape index (κ1) is 16.6. The topological polar surface area (TPSA) is 94.9 Å².